The molecule has 0 radical (unpaired) electrons. The third kappa shape index (κ3) is 3.30. The highest BCUT2D eigenvalue weighted by Gasteiger charge is 2.33. The van der Waals surface area contributed by atoms with E-state index in [2.05, 4.69) is 15.6 Å². The van der Waals surface area contributed by atoms with Crippen LogP contribution in [0.5, 0.6) is 0 Å². The monoisotopic (exact) mass is 323 g/mol. The number of hydrogen-bond donors (Lipinski definition) is 3. The predicted molar refractivity (Wildman–Crippen MR) is 83.5 cm³/mol. The van der Waals surface area contributed by atoms with Gasteiger partial charge >= 0.3 is 0 Å². The van der Waals surface area contributed by atoms with E-state index >= 15 is 0 Å². The number of nitrogens with one attached hydrogen (secondary N) is 2. The second-order valence-corrected chi connectivity index (χ2v) is 7.18. The Labute approximate surface area is 133 Å². The summed E-state index contributed by atoms with van der Waals surface area (Å²) in [5, 5.41) is 16.7. The van der Waals surface area contributed by atoms with E-state index in [0.717, 1.165) is 37.0 Å². The van der Waals surface area contributed by atoms with Crippen molar-refractivity contribution in [1.29, 1.82) is 0 Å². The first-order chi connectivity index (χ1) is 10.6. The van der Waals surface area contributed by atoms with Crippen LogP contribution in [-0.2, 0) is 15.2 Å². The quantitative estimate of drug-likeness (QED) is 0.790. The van der Waals surface area contributed by atoms with Crippen LogP contribution in [0.4, 0.5) is 5.13 Å². The van der Waals surface area contributed by atoms with Gasteiger partial charge in [-0.15, -0.1) is 0 Å². The Hall–Kier alpha value is -1.47. The first-order valence-electron chi connectivity index (χ1n) is 7.83. The molecule has 1 aliphatic heterocycles. The standard InChI is InChI=1S/C15H21N3O3S/c19-12-8-10(4-7-16-12)13(20)18-14-17-9-11(22-14)15(21)5-2-1-3-6-15/h9-10,21H,1-8H2,(H,16,19)(H,17,18,20). The number of rotatable bonds is 3. The number of aromatic nitrogens is 1. The van der Waals surface area contributed by atoms with Gasteiger partial charge in [-0.05, 0) is 19.3 Å². The molecule has 0 aromatic carbocycles. The molecular weight excluding hydrogens is 302 g/mol. The van der Waals surface area contributed by atoms with Gasteiger partial charge in [0.15, 0.2) is 5.13 Å². The van der Waals surface area contributed by atoms with Gasteiger partial charge in [-0.2, -0.15) is 0 Å². The van der Waals surface area contributed by atoms with E-state index in [1.54, 1.807) is 6.20 Å². The number of amides is 2. The van der Waals surface area contributed by atoms with Gasteiger partial charge in [0.1, 0.15) is 5.60 Å². The molecule has 3 N–H and O–H groups in total. The zero-order valence-electron chi connectivity index (χ0n) is 12.4. The molecule has 1 saturated heterocycles. The minimum atomic E-state index is -0.788. The lowest BCUT2D eigenvalue weighted by atomic mass is 9.84. The molecule has 1 aliphatic carbocycles. The van der Waals surface area contributed by atoms with Gasteiger partial charge in [-0.25, -0.2) is 4.98 Å². The molecule has 0 spiro atoms. The number of anilines is 1. The minimum Gasteiger partial charge on any atom is -0.384 e. The van der Waals surface area contributed by atoms with E-state index in [9.17, 15) is 14.7 Å². The van der Waals surface area contributed by atoms with Crippen LogP contribution < -0.4 is 10.6 Å². The molecule has 1 unspecified atom stereocenters. The van der Waals surface area contributed by atoms with E-state index in [1.807, 2.05) is 0 Å². The Balaban J connectivity index is 1.64. The number of aliphatic hydroxyl groups is 1. The summed E-state index contributed by atoms with van der Waals surface area (Å²) in [6.45, 7) is 0.541. The van der Waals surface area contributed by atoms with Crippen molar-refractivity contribution in [2.45, 2.75) is 50.5 Å². The fraction of sp³-hybridized carbons (Fsp3) is 0.667. The van der Waals surface area contributed by atoms with E-state index in [1.165, 1.54) is 11.3 Å². The van der Waals surface area contributed by atoms with Crippen molar-refractivity contribution in [2.24, 2.45) is 5.92 Å². The Bertz CT molecular complexity index is 566. The lowest BCUT2D eigenvalue weighted by molar-refractivity contribution is -0.129. The fourth-order valence-electron chi connectivity index (χ4n) is 3.15. The van der Waals surface area contributed by atoms with Crippen LogP contribution in [0.1, 0.15) is 49.8 Å². The summed E-state index contributed by atoms with van der Waals surface area (Å²) in [6, 6.07) is 0. The minimum absolute atomic E-state index is 0.0808. The summed E-state index contributed by atoms with van der Waals surface area (Å²) >= 11 is 1.34. The molecule has 2 heterocycles. The van der Waals surface area contributed by atoms with Crippen LogP contribution in [0.25, 0.3) is 0 Å². The van der Waals surface area contributed by atoms with Crippen LogP contribution in [-0.4, -0.2) is 28.4 Å². The third-order valence-corrected chi connectivity index (χ3v) is 5.60. The normalized spacial score (nSPS) is 24.6. The Kier molecular flexibility index (Phi) is 4.44. The van der Waals surface area contributed by atoms with Gasteiger partial charge < -0.3 is 15.7 Å². The molecule has 0 bridgehead atoms. The Morgan fingerprint density at radius 3 is 2.91 bits per heavy atom. The number of thiazole rings is 1. The van der Waals surface area contributed by atoms with Crippen molar-refractivity contribution in [3.05, 3.63) is 11.1 Å². The largest absolute Gasteiger partial charge is 0.384 e. The summed E-state index contributed by atoms with van der Waals surface area (Å²) in [7, 11) is 0. The van der Waals surface area contributed by atoms with Crippen molar-refractivity contribution in [3.63, 3.8) is 0 Å². The molecule has 1 saturated carbocycles. The summed E-state index contributed by atoms with van der Waals surface area (Å²) in [5.41, 5.74) is -0.788. The average Bonchev–Trinajstić information content (AvgIpc) is 2.97. The van der Waals surface area contributed by atoms with Gasteiger partial charge in [0.2, 0.25) is 11.8 Å². The number of nitrogens with zero attached hydrogens (tertiary/aromatic N) is 1. The molecular formula is C15H21N3O3S. The van der Waals surface area contributed by atoms with E-state index < -0.39 is 5.60 Å². The maximum Gasteiger partial charge on any atom is 0.229 e. The van der Waals surface area contributed by atoms with Gasteiger partial charge in [-0.3, -0.25) is 9.59 Å². The maximum absolute atomic E-state index is 12.2. The lowest BCUT2D eigenvalue weighted by Gasteiger charge is -2.30. The van der Waals surface area contributed by atoms with Crippen LogP contribution >= 0.6 is 11.3 Å². The van der Waals surface area contributed by atoms with Crippen LogP contribution in [0.3, 0.4) is 0 Å². The van der Waals surface area contributed by atoms with Crippen LogP contribution in [0, 0.1) is 5.92 Å². The van der Waals surface area contributed by atoms with Crippen molar-refractivity contribution < 1.29 is 14.7 Å². The smallest absolute Gasteiger partial charge is 0.229 e. The number of piperidine rings is 1. The highest BCUT2D eigenvalue weighted by molar-refractivity contribution is 7.15. The first kappa shape index (κ1) is 15.4. The SMILES string of the molecule is O=C1CC(C(=O)Nc2ncc(C3(O)CCCCC3)s2)CCN1. The number of carbonyl (C=O) groups is 2. The molecule has 1 aromatic heterocycles. The molecule has 120 valence electrons. The predicted octanol–water partition coefficient (Wildman–Crippen LogP) is 1.76. The molecule has 1 aromatic rings. The van der Waals surface area contributed by atoms with Crippen molar-refractivity contribution in [2.75, 3.05) is 11.9 Å². The molecule has 7 heteroatoms. The highest BCUT2D eigenvalue weighted by atomic mass is 32.1. The van der Waals surface area contributed by atoms with Gasteiger partial charge in [0, 0.05) is 25.1 Å². The summed E-state index contributed by atoms with van der Waals surface area (Å²) in [6.07, 6.45) is 7.26. The molecule has 2 amide bonds. The van der Waals surface area contributed by atoms with Crippen LogP contribution in [0.2, 0.25) is 0 Å². The first-order valence-corrected chi connectivity index (χ1v) is 8.65. The zero-order chi connectivity index (χ0) is 15.6. The van der Waals surface area contributed by atoms with Crippen molar-refractivity contribution in [3.8, 4) is 0 Å². The van der Waals surface area contributed by atoms with Crippen molar-refractivity contribution in [1.82, 2.24) is 10.3 Å². The zero-order valence-corrected chi connectivity index (χ0v) is 13.2. The molecule has 6 nitrogen and oxygen atoms in total. The van der Waals surface area contributed by atoms with E-state index in [-0.39, 0.29) is 24.2 Å². The molecule has 1 atom stereocenters. The number of hydrogen-bond acceptors (Lipinski definition) is 5. The van der Waals surface area contributed by atoms with Gasteiger partial charge in [0.05, 0.1) is 4.88 Å². The summed E-state index contributed by atoms with van der Waals surface area (Å²) < 4.78 is 0. The summed E-state index contributed by atoms with van der Waals surface area (Å²) in [5.74, 6) is -0.534. The second-order valence-electron chi connectivity index (χ2n) is 6.15. The van der Waals surface area contributed by atoms with Crippen LogP contribution in [0.15, 0.2) is 6.20 Å². The third-order valence-electron chi connectivity index (χ3n) is 4.49. The topological polar surface area (TPSA) is 91.3 Å². The molecule has 3 rings (SSSR count). The fourth-order valence-corrected chi connectivity index (χ4v) is 4.11. The number of carbonyl (C=O) groups excluding carboxylic acids is 2. The lowest BCUT2D eigenvalue weighted by Crippen LogP contribution is -2.38. The average molecular weight is 323 g/mol. The Morgan fingerprint density at radius 2 is 2.18 bits per heavy atom. The second kappa shape index (κ2) is 6.34. The van der Waals surface area contributed by atoms with Gasteiger partial charge in [-0.1, -0.05) is 30.6 Å². The highest BCUT2D eigenvalue weighted by Crippen LogP contribution is 2.40. The molecule has 2 fully saturated rings. The molecule has 22 heavy (non-hydrogen) atoms. The van der Waals surface area contributed by atoms with Crippen molar-refractivity contribution >= 4 is 28.3 Å². The maximum atomic E-state index is 12.2. The Morgan fingerprint density at radius 1 is 1.41 bits per heavy atom. The van der Waals surface area contributed by atoms with E-state index in [4.69, 9.17) is 0 Å². The molecule has 2 aliphatic rings. The summed E-state index contributed by atoms with van der Waals surface area (Å²) in [4.78, 5) is 28.6. The van der Waals surface area contributed by atoms with Gasteiger partial charge in [0.25, 0.3) is 0 Å². The van der Waals surface area contributed by atoms with E-state index in [0.29, 0.717) is 18.1 Å².